The number of hydrogen-bond donors (Lipinski definition) is 1. The predicted octanol–water partition coefficient (Wildman–Crippen LogP) is 3.62. The minimum absolute atomic E-state index is 0.132. The summed E-state index contributed by atoms with van der Waals surface area (Å²) in [6, 6.07) is 15.5. The molecule has 3 aromatic rings. The van der Waals surface area contributed by atoms with Crippen LogP contribution < -0.4 is 5.32 Å². The molecule has 0 atom stereocenters. The van der Waals surface area contributed by atoms with Gasteiger partial charge in [-0.15, -0.1) is 0 Å². The first-order valence-corrected chi connectivity index (χ1v) is 10.4. The number of carbonyl (C=O) groups is 2. The molecular weight excluding hydrogens is 400 g/mol. The van der Waals surface area contributed by atoms with Crippen molar-refractivity contribution in [1.29, 1.82) is 0 Å². The first kappa shape index (κ1) is 20.2. The molecule has 0 aliphatic carbocycles. The summed E-state index contributed by atoms with van der Waals surface area (Å²) in [5.41, 5.74) is 3.80. The molecule has 6 nitrogen and oxygen atoms in total. The third-order valence-corrected chi connectivity index (χ3v) is 5.49. The molecule has 30 heavy (non-hydrogen) atoms. The van der Waals surface area contributed by atoms with Crippen molar-refractivity contribution in [2.24, 2.45) is 0 Å². The average molecular weight is 423 g/mol. The van der Waals surface area contributed by atoms with Crippen molar-refractivity contribution in [3.8, 4) is 5.69 Å². The van der Waals surface area contributed by atoms with Crippen molar-refractivity contribution in [1.82, 2.24) is 20.0 Å². The molecule has 0 fully saturated rings. The number of nitrogens with zero attached hydrogens (tertiary/aromatic N) is 3. The lowest BCUT2D eigenvalue weighted by Gasteiger charge is -2.29. The fourth-order valence-electron chi connectivity index (χ4n) is 3.61. The normalized spacial score (nSPS) is 13.0. The molecule has 1 aromatic heterocycles. The highest BCUT2D eigenvalue weighted by molar-refractivity contribution is 6.30. The molecular formula is C23H23ClN4O2. The molecule has 0 saturated heterocycles. The van der Waals surface area contributed by atoms with Gasteiger partial charge in [-0.25, -0.2) is 4.68 Å². The molecule has 0 saturated carbocycles. The standard InChI is InChI=1S/C23H23ClN4O2/c24-20-7-3-8-21(13-20)28-16-19(14-26-28)23(30)25-11-4-9-22(29)27-12-10-17-5-1-2-6-18(17)15-27/h1-3,5-8,13-14,16H,4,9-12,15H2,(H,25,30). The quantitative estimate of drug-likeness (QED) is 0.617. The Morgan fingerprint density at radius 1 is 1.10 bits per heavy atom. The van der Waals surface area contributed by atoms with E-state index in [1.807, 2.05) is 29.2 Å². The SMILES string of the molecule is O=C(NCCCC(=O)N1CCc2ccccc2C1)c1cnn(-c2cccc(Cl)c2)c1. The Kier molecular flexibility index (Phi) is 6.14. The molecule has 4 rings (SSSR count). The van der Waals surface area contributed by atoms with Crippen LogP contribution in [0.3, 0.4) is 0 Å². The summed E-state index contributed by atoms with van der Waals surface area (Å²) in [6.07, 6.45) is 5.11. The van der Waals surface area contributed by atoms with Gasteiger partial charge in [-0.05, 0) is 42.2 Å². The highest BCUT2D eigenvalue weighted by Gasteiger charge is 2.20. The van der Waals surface area contributed by atoms with Gasteiger partial charge >= 0.3 is 0 Å². The molecule has 1 aliphatic rings. The largest absolute Gasteiger partial charge is 0.352 e. The smallest absolute Gasteiger partial charge is 0.254 e. The van der Waals surface area contributed by atoms with Gasteiger partial charge in [-0.3, -0.25) is 9.59 Å². The zero-order chi connectivity index (χ0) is 20.9. The first-order chi connectivity index (χ1) is 14.6. The van der Waals surface area contributed by atoms with Crippen LogP contribution in [-0.4, -0.2) is 39.6 Å². The Morgan fingerprint density at radius 2 is 1.93 bits per heavy atom. The van der Waals surface area contributed by atoms with E-state index in [0.717, 1.165) is 18.7 Å². The minimum Gasteiger partial charge on any atom is -0.352 e. The fraction of sp³-hybridized carbons (Fsp3) is 0.261. The Labute approximate surface area is 180 Å². The number of benzene rings is 2. The summed E-state index contributed by atoms with van der Waals surface area (Å²) in [4.78, 5) is 26.8. The van der Waals surface area contributed by atoms with Crippen LogP contribution in [0.4, 0.5) is 0 Å². The van der Waals surface area contributed by atoms with Gasteiger partial charge in [-0.2, -0.15) is 5.10 Å². The Morgan fingerprint density at radius 3 is 2.77 bits per heavy atom. The number of carbonyl (C=O) groups excluding carboxylic acids is 2. The number of aromatic nitrogens is 2. The second-order valence-corrected chi connectivity index (χ2v) is 7.78. The summed E-state index contributed by atoms with van der Waals surface area (Å²) >= 11 is 6.00. The van der Waals surface area contributed by atoms with E-state index >= 15 is 0 Å². The molecule has 1 aliphatic heterocycles. The van der Waals surface area contributed by atoms with Gasteiger partial charge in [0.2, 0.25) is 5.91 Å². The van der Waals surface area contributed by atoms with Crippen LogP contribution in [0.15, 0.2) is 60.9 Å². The zero-order valence-electron chi connectivity index (χ0n) is 16.6. The molecule has 154 valence electrons. The maximum absolute atomic E-state index is 12.5. The van der Waals surface area contributed by atoms with Crippen molar-refractivity contribution in [3.63, 3.8) is 0 Å². The topological polar surface area (TPSA) is 67.2 Å². The summed E-state index contributed by atoms with van der Waals surface area (Å²) in [5.74, 6) is -0.0739. The van der Waals surface area contributed by atoms with E-state index in [1.54, 1.807) is 23.0 Å². The van der Waals surface area contributed by atoms with Gasteiger partial charge in [0.15, 0.2) is 0 Å². The maximum Gasteiger partial charge on any atom is 0.254 e. The van der Waals surface area contributed by atoms with E-state index < -0.39 is 0 Å². The molecule has 2 heterocycles. The second-order valence-electron chi connectivity index (χ2n) is 7.35. The Balaban J connectivity index is 1.23. The van der Waals surface area contributed by atoms with Crippen LogP contribution in [0.5, 0.6) is 0 Å². The average Bonchev–Trinajstić information content (AvgIpc) is 3.26. The van der Waals surface area contributed by atoms with Crippen LogP contribution in [0, 0.1) is 0 Å². The molecule has 2 amide bonds. The third kappa shape index (κ3) is 4.71. The number of amides is 2. The summed E-state index contributed by atoms with van der Waals surface area (Å²) in [7, 11) is 0. The van der Waals surface area contributed by atoms with E-state index in [9.17, 15) is 9.59 Å². The monoisotopic (exact) mass is 422 g/mol. The molecule has 0 unspecified atom stereocenters. The number of hydrogen-bond acceptors (Lipinski definition) is 3. The number of halogens is 1. The second kappa shape index (κ2) is 9.13. The first-order valence-electron chi connectivity index (χ1n) is 10.0. The van der Waals surface area contributed by atoms with Crippen molar-refractivity contribution < 1.29 is 9.59 Å². The van der Waals surface area contributed by atoms with Gasteiger partial charge in [0.05, 0.1) is 17.4 Å². The fourth-order valence-corrected chi connectivity index (χ4v) is 3.79. The zero-order valence-corrected chi connectivity index (χ0v) is 17.3. The maximum atomic E-state index is 12.5. The van der Waals surface area contributed by atoms with Gasteiger partial charge in [0, 0.05) is 37.3 Å². The van der Waals surface area contributed by atoms with Gasteiger partial charge in [0.25, 0.3) is 5.91 Å². The van der Waals surface area contributed by atoms with Crippen LogP contribution in [0.2, 0.25) is 5.02 Å². The van der Waals surface area contributed by atoms with Crippen LogP contribution >= 0.6 is 11.6 Å². The van der Waals surface area contributed by atoms with Crippen molar-refractivity contribution >= 4 is 23.4 Å². The highest BCUT2D eigenvalue weighted by Crippen LogP contribution is 2.19. The lowest BCUT2D eigenvalue weighted by Crippen LogP contribution is -2.36. The summed E-state index contributed by atoms with van der Waals surface area (Å²) < 4.78 is 1.61. The van der Waals surface area contributed by atoms with Crippen LogP contribution in [0.25, 0.3) is 5.69 Å². The van der Waals surface area contributed by atoms with E-state index in [-0.39, 0.29) is 11.8 Å². The van der Waals surface area contributed by atoms with Crippen molar-refractivity contribution in [3.05, 3.63) is 82.6 Å². The third-order valence-electron chi connectivity index (χ3n) is 5.25. The Hall–Kier alpha value is -3.12. The molecule has 0 spiro atoms. The van der Waals surface area contributed by atoms with E-state index in [2.05, 4.69) is 22.5 Å². The van der Waals surface area contributed by atoms with Gasteiger partial charge < -0.3 is 10.2 Å². The lowest BCUT2D eigenvalue weighted by atomic mass is 9.99. The summed E-state index contributed by atoms with van der Waals surface area (Å²) in [5, 5.41) is 7.69. The van der Waals surface area contributed by atoms with Gasteiger partial charge in [-0.1, -0.05) is 41.9 Å². The van der Waals surface area contributed by atoms with E-state index in [4.69, 9.17) is 11.6 Å². The number of rotatable bonds is 6. The van der Waals surface area contributed by atoms with E-state index in [0.29, 0.717) is 36.5 Å². The van der Waals surface area contributed by atoms with Crippen molar-refractivity contribution in [2.45, 2.75) is 25.8 Å². The molecule has 0 radical (unpaired) electrons. The molecule has 7 heteroatoms. The summed E-state index contributed by atoms with van der Waals surface area (Å²) in [6.45, 7) is 1.87. The number of fused-ring (bicyclic) bond motifs is 1. The number of nitrogens with one attached hydrogen (secondary N) is 1. The van der Waals surface area contributed by atoms with Gasteiger partial charge in [0.1, 0.15) is 0 Å². The lowest BCUT2D eigenvalue weighted by molar-refractivity contribution is -0.132. The molecule has 1 N–H and O–H groups in total. The minimum atomic E-state index is -0.206. The van der Waals surface area contributed by atoms with Crippen LogP contribution in [-0.2, 0) is 17.8 Å². The van der Waals surface area contributed by atoms with Crippen molar-refractivity contribution in [2.75, 3.05) is 13.1 Å². The molecule has 2 aromatic carbocycles. The molecule has 0 bridgehead atoms. The van der Waals surface area contributed by atoms with Crippen LogP contribution in [0.1, 0.15) is 34.3 Å². The predicted molar refractivity (Wildman–Crippen MR) is 116 cm³/mol. The highest BCUT2D eigenvalue weighted by atomic mass is 35.5. The Bertz CT molecular complexity index is 1060. The van der Waals surface area contributed by atoms with E-state index in [1.165, 1.54) is 17.3 Å².